The van der Waals surface area contributed by atoms with Crippen LogP contribution in [0.1, 0.15) is 54.4 Å². The van der Waals surface area contributed by atoms with Gasteiger partial charge in [-0.05, 0) is 68.7 Å². The molecule has 2 bridgehead atoms. The number of likely N-dealkylation sites (tertiary alicyclic amines) is 1. The Balaban J connectivity index is 1.44. The molecular weight excluding hydrogens is 366 g/mol. The van der Waals surface area contributed by atoms with Crippen molar-refractivity contribution in [3.63, 3.8) is 0 Å². The van der Waals surface area contributed by atoms with Crippen LogP contribution >= 0.6 is 0 Å². The third-order valence-electron chi connectivity index (χ3n) is 6.74. The molecule has 0 spiro atoms. The Morgan fingerprint density at radius 3 is 2.31 bits per heavy atom. The highest BCUT2D eigenvalue weighted by Crippen LogP contribution is 2.41. The minimum Gasteiger partial charge on any atom is -0.333 e. The molecule has 150 valence electrons. The standard InChI is InChI=1S/C22H25N5O2/c23-12-14-3-5-15(6-4-14)21(28)27-17-7-8-18(27)11-16(10-17)20(25)22(29)26-9-1-2-19(26)13-24/h3-6,16-20H,1-2,7-11,25H2. The first-order valence-corrected chi connectivity index (χ1v) is 10.3. The first kappa shape index (κ1) is 19.4. The van der Waals surface area contributed by atoms with Crippen molar-refractivity contribution in [2.24, 2.45) is 11.7 Å². The van der Waals surface area contributed by atoms with E-state index in [1.165, 1.54) is 0 Å². The van der Waals surface area contributed by atoms with E-state index >= 15 is 0 Å². The van der Waals surface area contributed by atoms with E-state index in [0.29, 0.717) is 17.7 Å². The lowest BCUT2D eigenvalue weighted by atomic mass is 9.84. The number of fused-ring (bicyclic) bond motifs is 2. The van der Waals surface area contributed by atoms with E-state index in [1.807, 2.05) is 4.90 Å². The Kier molecular flexibility index (Phi) is 5.25. The molecule has 0 radical (unpaired) electrons. The predicted octanol–water partition coefficient (Wildman–Crippen LogP) is 1.78. The van der Waals surface area contributed by atoms with Crippen molar-refractivity contribution in [2.75, 3.05) is 6.54 Å². The van der Waals surface area contributed by atoms with Gasteiger partial charge < -0.3 is 15.5 Å². The highest BCUT2D eigenvalue weighted by molar-refractivity contribution is 5.95. The van der Waals surface area contributed by atoms with Crippen LogP contribution in [-0.2, 0) is 4.79 Å². The molecule has 3 fully saturated rings. The van der Waals surface area contributed by atoms with Crippen LogP contribution in [0.15, 0.2) is 24.3 Å². The van der Waals surface area contributed by atoms with Crippen LogP contribution in [0.3, 0.4) is 0 Å². The number of nitrogens with two attached hydrogens (primary N) is 1. The van der Waals surface area contributed by atoms with Crippen LogP contribution in [0.5, 0.6) is 0 Å². The zero-order valence-corrected chi connectivity index (χ0v) is 16.3. The van der Waals surface area contributed by atoms with E-state index < -0.39 is 6.04 Å². The van der Waals surface area contributed by atoms with Gasteiger partial charge in [0.1, 0.15) is 6.04 Å². The maximum Gasteiger partial charge on any atom is 0.254 e. The fraction of sp³-hybridized carbons (Fsp3) is 0.545. The van der Waals surface area contributed by atoms with Crippen molar-refractivity contribution < 1.29 is 9.59 Å². The molecule has 2 N–H and O–H groups in total. The Labute approximate surface area is 170 Å². The van der Waals surface area contributed by atoms with Gasteiger partial charge in [0, 0.05) is 24.2 Å². The highest BCUT2D eigenvalue weighted by atomic mass is 16.2. The van der Waals surface area contributed by atoms with E-state index in [0.717, 1.165) is 38.5 Å². The van der Waals surface area contributed by atoms with Crippen LogP contribution in [0, 0.1) is 28.6 Å². The number of piperidine rings is 1. The number of nitriles is 2. The van der Waals surface area contributed by atoms with Crippen molar-refractivity contribution in [1.29, 1.82) is 10.5 Å². The molecule has 4 unspecified atom stereocenters. The number of hydrogen-bond acceptors (Lipinski definition) is 5. The molecule has 0 aromatic heterocycles. The summed E-state index contributed by atoms with van der Waals surface area (Å²) in [5.74, 6) is -0.0975. The zero-order valence-electron chi connectivity index (χ0n) is 16.3. The van der Waals surface area contributed by atoms with Gasteiger partial charge in [-0.15, -0.1) is 0 Å². The molecule has 4 rings (SSSR count). The molecule has 3 aliphatic rings. The Morgan fingerprint density at radius 1 is 1.07 bits per heavy atom. The summed E-state index contributed by atoms with van der Waals surface area (Å²) in [6.45, 7) is 0.605. The lowest BCUT2D eigenvalue weighted by molar-refractivity contribution is -0.134. The van der Waals surface area contributed by atoms with Gasteiger partial charge in [0.2, 0.25) is 5.91 Å². The summed E-state index contributed by atoms with van der Waals surface area (Å²) in [7, 11) is 0. The van der Waals surface area contributed by atoms with Crippen molar-refractivity contribution in [3.05, 3.63) is 35.4 Å². The van der Waals surface area contributed by atoms with Crippen molar-refractivity contribution in [1.82, 2.24) is 9.80 Å². The molecule has 2 amide bonds. The minimum absolute atomic E-state index is 0.00979. The SMILES string of the molecule is N#Cc1ccc(C(=O)N2C3CCC2CC(C(N)C(=O)N2CCCC2C#N)C3)cc1. The number of carbonyl (C=O) groups is 2. The summed E-state index contributed by atoms with van der Waals surface area (Å²) < 4.78 is 0. The van der Waals surface area contributed by atoms with Gasteiger partial charge >= 0.3 is 0 Å². The smallest absolute Gasteiger partial charge is 0.254 e. The fourth-order valence-corrected chi connectivity index (χ4v) is 5.24. The van der Waals surface area contributed by atoms with E-state index in [2.05, 4.69) is 12.1 Å². The Morgan fingerprint density at radius 2 is 1.72 bits per heavy atom. The molecule has 3 saturated heterocycles. The third kappa shape index (κ3) is 3.47. The first-order chi connectivity index (χ1) is 14.0. The molecule has 0 saturated carbocycles. The molecule has 3 aliphatic heterocycles. The van der Waals surface area contributed by atoms with Crippen LogP contribution in [0.4, 0.5) is 0 Å². The van der Waals surface area contributed by atoms with Crippen LogP contribution < -0.4 is 5.73 Å². The largest absolute Gasteiger partial charge is 0.333 e. The maximum absolute atomic E-state index is 13.1. The third-order valence-corrected chi connectivity index (χ3v) is 6.74. The molecule has 1 aromatic carbocycles. The predicted molar refractivity (Wildman–Crippen MR) is 105 cm³/mol. The van der Waals surface area contributed by atoms with Crippen molar-refractivity contribution in [3.8, 4) is 12.1 Å². The summed E-state index contributed by atoms with van der Waals surface area (Å²) >= 11 is 0. The summed E-state index contributed by atoms with van der Waals surface area (Å²) in [5, 5.41) is 18.2. The maximum atomic E-state index is 13.1. The molecule has 3 heterocycles. The summed E-state index contributed by atoms with van der Waals surface area (Å²) in [4.78, 5) is 29.6. The average Bonchev–Trinajstić information content (AvgIpc) is 3.34. The van der Waals surface area contributed by atoms with Gasteiger partial charge in [0.05, 0.1) is 23.7 Å². The van der Waals surface area contributed by atoms with E-state index in [1.54, 1.807) is 29.2 Å². The van der Waals surface area contributed by atoms with Gasteiger partial charge in [0.25, 0.3) is 5.91 Å². The number of nitrogens with zero attached hydrogens (tertiary/aromatic N) is 4. The average molecular weight is 391 g/mol. The molecule has 7 heteroatoms. The monoisotopic (exact) mass is 391 g/mol. The second-order valence-electron chi connectivity index (χ2n) is 8.36. The van der Waals surface area contributed by atoms with E-state index in [9.17, 15) is 14.9 Å². The van der Waals surface area contributed by atoms with Crippen LogP contribution in [0.2, 0.25) is 0 Å². The number of rotatable bonds is 3. The number of hydrogen-bond donors (Lipinski definition) is 1. The number of amides is 2. The van der Waals surface area contributed by atoms with Crippen molar-refractivity contribution in [2.45, 2.75) is 62.7 Å². The summed E-state index contributed by atoms with van der Waals surface area (Å²) in [6.07, 6.45) is 4.85. The molecule has 29 heavy (non-hydrogen) atoms. The number of benzene rings is 1. The number of carbonyl (C=O) groups excluding carboxylic acids is 2. The van der Waals surface area contributed by atoms with Gasteiger partial charge in [-0.1, -0.05) is 0 Å². The topological polar surface area (TPSA) is 114 Å². The van der Waals surface area contributed by atoms with E-state index in [4.69, 9.17) is 11.0 Å². The van der Waals surface area contributed by atoms with Crippen molar-refractivity contribution >= 4 is 11.8 Å². The first-order valence-electron chi connectivity index (χ1n) is 10.3. The molecule has 4 atom stereocenters. The van der Waals surface area contributed by atoms with Crippen LogP contribution in [-0.4, -0.2) is 52.3 Å². The molecule has 1 aromatic rings. The second-order valence-corrected chi connectivity index (χ2v) is 8.36. The Bertz CT molecular complexity index is 870. The summed E-state index contributed by atoms with van der Waals surface area (Å²) in [5.41, 5.74) is 7.49. The van der Waals surface area contributed by atoms with Gasteiger partial charge in [0.15, 0.2) is 0 Å². The highest BCUT2D eigenvalue weighted by Gasteiger charge is 2.46. The quantitative estimate of drug-likeness (QED) is 0.843. The van der Waals surface area contributed by atoms with Gasteiger partial charge in [-0.2, -0.15) is 10.5 Å². The van der Waals surface area contributed by atoms with Gasteiger partial charge in [-0.25, -0.2) is 0 Å². The van der Waals surface area contributed by atoms with E-state index in [-0.39, 0.29) is 35.9 Å². The zero-order chi connectivity index (χ0) is 20.5. The lowest BCUT2D eigenvalue weighted by Crippen LogP contribution is -2.54. The molecule has 0 aliphatic carbocycles. The van der Waals surface area contributed by atoms with Gasteiger partial charge in [-0.3, -0.25) is 9.59 Å². The van der Waals surface area contributed by atoms with Crippen LogP contribution in [0.25, 0.3) is 0 Å². The minimum atomic E-state index is -0.612. The lowest BCUT2D eigenvalue weighted by Gasteiger charge is -2.41. The fourth-order valence-electron chi connectivity index (χ4n) is 5.24. The molecular formula is C22H25N5O2. The normalized spacial score (nSPS) is 29.2. The summed E-state index contributed by atoms with van der Waals surface area (Å²) in [6, 6.07) is 10.2. The Hall–Kier alpha value is -2.90. The molecule has 7 nitrogen and oxygen atoms in total. The second kappa shape index (κ2) is 7.85.